The molecule has 0 bridgehead atoms. The molecule has 2 aromatic rings. The van der Waals surface area contributed by atoms with Crippen LogP contribution in [0.1, 0.15) is 42.5 Å². The summed E-state index contributed by atoms with van der Waals surface area (Å²) in [6, 6.07) is 11.0. The smallest absolute Gasteiger partial charge is 0.255 e. The Morgan fingerprint density at radius 1 is 1.14 bits per heavy atom. The Labute approximate surface area is 176 Å². The number of anilines is 1. The van der Waals surface area contributed by atoms with E-state index in [-0.39, 0.29) is 16.5 Å². The molecule has 0 aromatic heterocycles. The number of hydrogen-bond acceptors (Lipinski definition) is 4. The van der Waals surface area contributed by atoms with Gasteiger partial charge in [-0.3, -0.25) is 4.79 Å². The summed E-state index contributed by atoms with van der Waals surface area (Å²) in [5.41, 5.74) is 0.753. The third-order valence-corrected chi connectivity index (χ3v) is 7.47. The van der Waals surface area contributed by atoms with E-state index in [4.69, 9.17) is 16.3 Å². The van der Waals surface area contributed by atoms with Crippen LogP contribution in [-0.4, -0.2) is 38.8 Å². The average molecular weight is 437 g/mol. The molecule has 1 amide bonds. The Morgan fingerprint density at radius 2 is 1.86 bits per heavy atom. The maximum absolute atomic E-state index is 13.0. The van der Waals surface area contributed by atoms with E-state index in [1.807, 2.05) is 0 Å². The minimum Gasteiger partial charge on any atom is -0.495 e. The number of nitrogens with one attached hydrogen (secondary N) is 1. The highest BCUT2D eigenvalue weighted by atomic mass is 35.5. The van der Waals surface area contributed by atoms with Crippen LogP contribution >= 0.6 is 11.6 Å². The third-order valence-electron chi connectivity index (χ3n) is 5.27. The summed E-state index contributed by atoms with van der Waals surface area (Å²) in [6.07, 6.45) is 4.96. The van der Waals surface area contributed by atoms with Crippen molar-refractivity contribution in [3.8, 4) is 5.75 Å². The molecule has 1 aliphatic rings. The van der Waals surface area contributed by atoms with E-state index in [0.29, 0.717) is 16.5 Å². The molecule has 3 rings (SSSR count). The number of carbonyl (C=O) groups excluding carboxylic acids is 1. The topological polar surface area (TPSA) is 75.7 Å². The van der Waals surface area contributed by atoms with E-state index in [1.165, 1.54) is 23.5 Å². The first-order chi connectivity index (χ1) is 13.8. The normalized spacial score (nSPS) is 15.3. The first-order valence-corrected chi connectivity index (χ1v) is 11.4. The van der Waals surface area contributed by atoms with E-state index in [9.17, 15) is 13.2 Å². The van der Waals surface area contributed by atoms with E-state index in [1.54, 1.807) is 37.4 Å². The highest BCUT2D eigenvalue weighted by Gasteiger charge is 2.29. The van der Waals surface area contributed by atoms with Gasteiger partial charge in [0.15, 0.2) is 0 Å². The molecule has 1 saturated carbocycles. The van der Waals surface area contributed by atoms with Crippen molar-refractivity contribution in [2.24, 2.45) is 0 Å². The zero-order valence-electron chi connectivity index (χ0n) is 16.5. The molecule has 8 heteroatoms. The number of sulfonamides is 1. The fourth-order valence-corrected chi connectivity index (χ4v) is 5.27. The van der Waals surface area contributed by atoms with Gasteiger partial charge in [0.2, 0.25) is 10.0 Å². The minimum atomic E-state index is -3.67. The molecule has 1 aliphatic carbocycles. The average Bonchev–Trinajstić information content (AvgIpc) is 2.74. The van der Waals surface area contributed by atoms with Gasteiger partial charge in [0.05, 0.1) is 17.0 Å². The lowest BCUT2D eigenvalue weighted by Crippen LogP contribution is -2.38. The van der Waals surface area contributed by atoms with E-state index in [0.717, 1.165) is 32.1 Å². The van der Waals surface area contributed by atoms with E-state index < -0.39 is 15.9 Å². The molecular formula is C21H25ClN2O4S. The lowest BCUT2D eigenvalue weighted by atomic mass is 9.96. The number of halogens is 1. The van der Waals surface area contributed by atoms with Crippen LogP contribution in [0.15, 0.2) is 47.4 Å². The number of nitrogens with zero attached hydrogens (tertiary/aromatic N) is 1. The molecule has 0 heterocycles. The number of rotatable bonds is 6. The molecule has 0 aliphatic heterocycles. The van der Waals surface area contributed by atoms with Gasteiger partial charge in [-0.15, -0.1) is 0 Å². The van der Waals surface area contributed by atoms with Gasteiger partial charge >= 0.3 is 0 Å². The number of hydrogen-bond donors (Lipinski definition) is 1. The van der Waals surface area contributed by atoms with Crippen LogP contribution in [-0.2, 0) is 10.0 Å². The van der Waals surface area contributed by atoms with Gasteiger partial charge < -0.3 is 10.1 Å². The first-order valence-electron chi connectivity index (χ1n) is 9.56. The predicted octanol–water partition coefficient (Wildman–Crippen LogP) is 4.55. The van der Waals surface area contributed by atoms with Crippen LogP contribution in [0.4, 0.5) is 5.69 Å². The highest BCUT2D eigenvalue weighted by Crippen LogP contribution is 2.28. The number of ether oxygens (including phenoxy) is 1. The molecule has 1 fully saturated rings. The molecule has 0 spiro atoms. The highest BCUT2D eigenvalue weighted by molar-refractivity contribution is 7.89. The van der Waals surface area contributed by atoms with Gasteiger partial charge in [-0.05, 0) is 49.2 Å². The lowest BCUT2D eigenvalue weighted by molar-refractivity contribution is 0.102. The standard InChI is InChI=1S/C21H25ClN2O4S/c1-24(17-8-4-3-5-9-17)29(26,27)18-10-6-7-15(13-18)21(25)23-16-11-12-20(28-2)19(22)14-16/h6-7,10-14,17H,3-5,8-9H2,1-2H3,(H,23,25). The van der Waals surface area contributed by atoms with Crippen molar-refractivity contribution >= 4 is 33.2 Å². The third kappa shape index (κ3) is 4.91. The molecule has 156 valence electrons. The molecule has 6 nitrogen and oxygen atoms in total. The van der Waals surface area contributed by atoms with Crippen molar-refractivity contribution in [3.63, 3.8) is 0 Å². The predicted molar refractivity (Wildman–Crippen MR) is 114 cm³/mol. The Hall–Kier alpha value is -2.09. The van der Waals surface area contributed by atoms with Crippen molar-refractivity contribution in [3.05, 3.63) is 53.1 Å². The van der Waals surface area contributed by atoms with Gasteiger partial charge in [0.1, 0.15) is 5.75 Å². The first kappa shape index (κ1) is 21.6. The summed E-state index contributed by atoms with van der Waals surface area (Å²) in [5.74, 6) is 0.0899. The molecule has 0 saturated heterocycles. The quantitative estimate of drug-likeness (QED) is 0.720. The summed E-state index contributed by atoms with van der Waals surface area (Å²) >= 11 is 6.09. The summed E-state index contributed by atoms with van der Waals surface area (Å²) in [6.45, 7) is 0. The van der Waals surface area contributed by atoms with Crippen molar-refractivity contribution in [1.29, 1.82) is 0 Å². The monoisotopic (exact) mass is 436 g/mol. The van der Waals surface area contributed by atoms with Crippen molar-refractivity contribution in [1.82, 2.24) is 4.31 Å². The molecular weight excluding hydrogens is 412 g/mol. The summed E-state index contributed by atoms with van der Waals surface area (Å²) < 4.78 is 32.6. The van der Waals surface area contributed by atoms with Crippen LogP contribution in [0, 0.1) is 0 Å². The molecule has 29 heavy (non-hydrogen) atoms. The minimum absolute atomic E-state index is 0.00711. The van der Waals surface area contributed by atoms with Crippen LogP contribution in [0.3, 0.4) is 0 Å². The Kier molecular flexibility index (Phi) is 6.82. The van der Waals surface area contributed by atoms with E-state index in [2.05, 4.69) is 5.32 Å². The van der Waals surface area contributed by atoms with Crippen LogP contribution in [0.5, 0.6) is 5.75 Å². The maximum atomic E-state index is 13.0. The van der Waals surface area contributed by atoms with Gasteiger partial charge in [-0.25, -0.2) is 8.42 Å². The Bertz CT molecular complexity index is 988. The van der Waals surface area contributed by atoms with Crippen LogP contribution in [0.25, 0.3) is 0 Å². The molecule has 1 N–H and O–H groups in total. The fraction of sp³-hybridized carbons (Fsp3) is 0.381. The van der Waals surface area contributed by atoms with E-state index >= 15 is 0 Å². The zero-order chi connectivity index (χ0) is 21.0. The fourth-order valence-electron chi connectivity index (χ4n) is 3.55. The van der Waals surface area contributed by atoms with Crippen LogP contribution < -0.4 is 10.1 Å². The second kappa shape index (κ2) is 9.15. The van der Waals surface area contributed by atoms with Crippen molar-refractivity contribution in [2.45, 2.75) is 43.0 Å². The second-order valence-electron chi connectivity index (χ2n) is 7.14. The molecule has 0 atom stereocenters. The largest absolute Gasteiger partial charge is 0.495 e. The lowest BCUT2D eigenvalue weighted by Gasteiger charge is -2.30. The summed E-state index contributed by atoms with van der Waals surface area (Å²) in [5, 5.41) is 3.11. The number of benzene rings is 2. The SMILES string of the molecule is COc1ccc(NC(=O)c2cccc(S(=O)(=O)N(C)C3CCCCC3)c2)cc1Cl. The number of carbonyl (C=O) groups is 1. The van der Waals surface area contributed by atoms with Gasteiger partial charge in [-0.1, -0.05) is 36.9 Å². The second-order valence-corrected chi connectivity index (χ2v) is 9.55. The summed E-state index contributed by atoms with van der Waals surface area (Å²) in [7, 11) is -0.535. The Morgan fingerprint density at radius 3 is 2.52 bits per heavy atom. The molecule has 0 radical (unpaired) electrons. The van der Waals surface area contributed by atoms with Gasteiger partial charge in [-0.2, -0.15) is 4.31 Å². The summed E-state index contributed by atoms with van der Waals surface area (Å²) in [4.78, 5) is 12.8. The van der Waals surface area contributed by atoms with Gasteiger partial charge in [0, 0.05) is 24.3 Å². The van der Waals surface area contributed by atoms with Crippen molar-refractivity contribution < 1.29 is 17.9 Å². The number of amides is 1. The maximum Gasteiger partial charge on any atom is 0.255 e. The van der Waals surface area contributed by atoms with Crippen molar-refractivity contribution in [2.75, 3.05) is 19.5 Å². The molecule has 2 aromatic carbocycles. The Balaban J connectivity index is 1.79. The number of methoxy groups -OCH3 is 1. The van der Waals surface area contributed by atoms with Crippen LogP contribution in [0.2, 0.25) is 5.02 Å². The van der Waals surface area contributed by atoms with Gasteiger partial charge in [0.25, 0.3) is 5.91 Å². The zero-order valence-corrected chi connectivity index (χ0v) is 18.1. The molecule has 0 unspecified atom stereocenters.